The van der Waals surface area contributed by atoms with Gasteiger partial charge in [0.1, 0.15) is 12.4 Å². The summed E-state index contributed by atoms with van der Waals surface area (Å²) in [6, 6.07) is 0. The van der Waals surface area contributed by atoms with Crippen LogP contribution in [0.15, 0.2) is 11.6 Å². The van der Waals surface area contributed by atoms with E-state index in [9.17, 15) is 18.0 Å². The van der Waals surface area contributed by atoms with E-state index in [1.165, 1.54) is 6.92 Å². The van der Waals surface area contributed by atoms with Crippen LogP contribution in [0.2, 0.25) is 0 Å². The van der Waals surface area contributed by atoms with Crippen molar-refractivity contribution in [2.24, 2.45) is 17.3 Å². The number of esters is 1. The van der Waals surface area contributed by atoms with E-state index in [0.29, 0.717) is 0 Å². The van der Waals surface area contributed by atoms with Crippen molar-refractivity contribution in [1.29, 1.82) is 0 Å². The summed E-state index contributed by atoms with van der Waals surface area (Å²) in [6.07, 6.45) is 7.01. The second-order valence-corrected chi connectivity index (χ2v) is 7.24. The second kappa shape index (κ2) is 6.59. The predicted molar refractivity (Wildman–Crippen MR) is 89.0 cm³/mol. The number of halogens is 3. The molecule has 2 atom stereocenters. The van der Waals surface area contributed by atoms with Gasteiger partial charge in [0, 0.05) is 5.56 Å². The van der Waals surface area contributed by atoms with Gasteiger partial charge in [-0.15, -0.1) is 6.42 Å². The fourth-order valence-electron chi connectivity index (χ4n) is 3.15. The van der Waals surface area contributed by atoms with Crippen molar-refractivity contribution < 1.29 is 22.7 Å². The van der Waals surface area contributed by atoms with Gasteiger partial charge in [-0.05, 0) is 37.7 Å². The largest absolute Gasteiger partial charge is 0.460 e. The van der Waals surface area contributed by atoms with Crippen LogP contribution in [-0.2, 0) is 16.1 Å². The van der Waals surface area contributed by atoms with Crippen molar-refractivity contribution in [3.63, 3.8) is 0 Å². The van der Waals surface area contributed by atoms with Crippen molar-refractivity contribution in [1.82, 2.24) is 0 Å². The molecule has 1 fully saturated rings. The van der Waals surface area contributed by atoms with Crippen molar-refractivity contribution in [3.05, 3.63) is 45.8 Å². The van der Waals surface area contributed by atoms with Crippen molar-refractivity contribution in [2.45, 2.75) is 41.2 Å². The highest BCUT2D eigenvalue weighted by atomic mass is 19.2. The summed E-state index contributed by atoms with van der Waals surface area (Å²) >= 11 is 0. The Morgan fingerprint density at radius 1 is 1.24 bits per heavy atom. The second-order valence-electron chi connectivity index (χ2n) is 7.24. The van der Waals surface area contributed by atoms with Gasteiger partial charge in [0.15, 0.2) is 11.6 Å². The molecule has 0 unspecified atom stereocenters. The van der Waals surface area contributed by atoms with Crippen molar-refractivity contribution in [2.75, 3.05) is 0 Å². The molecule has 25 heavy (non-hydrogen) atoms. The van der Waals surface area contributed by atoms with Gasteiger partial charge in [-0.3, -0.25) is 4.79 Å². The van der Waals surface area contributed by atoms with Crippen LogP contribution < -0.4 is 0 Å². The highest BCUT2D eigenvalue weighted by molar-refractivity contribution is 5.78. The molecule has 0 spiro atoms. The Kier molecular flexibility index (Phi) is 5.04. The lowest BCUT2D eigenvalue weighted by Crippen LogP contribution is -2.14. The lowest BCUT2D eigenvalue weighted by Gasteiger charge is -2.12. The monoisotopic (exact) mass is 350 g/mol. The Bertz CT molecular complexity index is 767. The van der Waals surface area contributed by atoms with Gasteiger partial charge < -0.3 is 4.74 Å². The highest BCUT2D eigenvalue weighted by Gasteiger charge is 2.61. The summed E-state index contributed by atoms with van der Waals surface area (Å²) < 4.78 is 47.1. The summed E-state index contributed by atoms with van der Waals surface area (Å²) in [5.41, 5.74) is -0.414. The maximum atomic E-state index is 14.1. The minimum atomic E-state index is -1.44. The van der Waals surface area contributed by atoms with E-state index in [2.05, 4.69) is 0 Å². The number of ether oxygens (including phenoxy) is 1. The molecule has 0 N–H and O–H groups in total. The third-order valence-electron chi connectivity index (χ3n) is 4.86. The molecule has 0 radical (unpaired) electrons. The van der Waals surface area contributed by atoms with E-state index < -0.39 is 35.6 Å². The first-order valence-electron chi connectivity index (χ1n) is 7.98. The summed E-state index contributed by atoms with van der Waals surface area (Å²) in [4.78, 5) is 12.3. The molecule has 1 aromatic rings. The van der Waals surface area contributed by atoms with Crippen LogP contribution >= 0.6 is 0 Å². The molecule has 5 heteroatoms. The average molecular weight is 350 g/mol. The fraction of sp³-hybridized carbons (Fsp3) is 0.450. The van der Waals surface area contributed by atoms with E-state index in [0.717, 1.165) is 5.57 Å². The molecule has 2 rings (SSSR count). The first-order valence-corrected chi connectivity index (χ1v) is 7.98. The first-order chi connectivity index (χ1) is 11.5. The quantitative estimate of drug-likeness (QED) is 0.341. The van der Waals surface area contributed by atoms with Crippen LogP contribution in [0.1, 0.15) is 44.4 Å². The number of allylic oxidation sites excluding steroid dienone is 2. The van der Waals surface area contributed by atoms with Crippen LogP contribution in [0.3, 0.4) is 0 Å². The molecule has 0 saturated heterocycles. The molecule has 1 aliphatic carbocycles. The van der Waals surface area contributed by atoms with Gasteiger partial charge in [-0.25, -0.2) is 13.2 Å². The SMILES string of the molecule is C#Cc1c(F)c(C)c(COC(=O)[C@@H]2[C@@H](C=C(C)C)C2(C)C)c(F)c1F. The van der Waals surface area contributed by atoms with Gasteiger partial charge in [0.25, 0.3) is 0 Å². The summed E-state index contributed by atoms with van der Waals surface area (Å²) in [7, 11) is 0. The van der Waals surface area contributed by atoms with Gasteiger partial charge in [-0.1, -0.05) is 31.4 Å². The number of benzene rings is 1. The number of hydrogen-bond acceptors (Lipinski definition) is 2. The first kappa shape index (κ1) is 19.1. The third-order valence-corrected chi connectivity index (χ3v) is 4.86. The van der Waals surface area contributed by atoms with E-state index in [1.54, 1.807) is 5.92 Å². The lowest BCUT2D eigenvalue weighted by atomic mass is 10.0. The minimum absolute atomic E-state index is 0.0354. The van der Waals surface area contributed by atoms with Crippen LogP contribution in [0.25, 0.3) is 0 Å². The topological polar surface area (TPSA) is 26.3 Å². The maximum absolute atomic E-state index is 14.1. The average Bonchev–Trinajstić information content (AvgIpc) is 3.05. The third kappa shape index (κ3) is 3.30. The zero-order valence-electron chi connectivity index (χ0n) is 15.0. The molecule has 1 aliphatic rings. The van der Waals surface area contributed by atoms with E-state index in [1.807, 2.05) is 33.8 Å². The molecule has 0 amide bonds. The number of rotatable bonds is 4. The Hall–Kier alpha value is -2.22. The molecular weight excluding hydrogens is 329 g/mol. The van der Waals surface area contributed by atoms with Crippen LogP contribution in [-0.4, -0.2) is 5.97 Å². The zero-order valence-corrected chi connectivity index (χ0v) is 15.0. The Balaban J connectivity index is 2.20. The fourth-order valence-corrected chi connectivity index (χ4v) is 3.15. The Labute approximate surface area is 146 Å². The van der Waals surface area contributed by atoms with E-state index in [-0.39, 0.29) is 28.4 Å². The normalized spacial score (nSPS) is 20.6. The van der Waals surface area contributed by atoms with Crippen molar-refractivity contribution in [3.8, 4) is 12.3 Å². The van der Waals surface area contributed by atoms with Gasteiger partial charge in [0.2, 0.25) is 0 Å². The molecule has 134 valence electrons. The molecule has 2 nitrogen and oxygen atoms in total. The van der Waals surface area contributed by atoms with E-state index in [4.69, 9.17) is 11.2 Å². The predicted octanol–water partition coefficient (Wildman–Crippen LogP) is 4.68. The zero-order chi connectivity index (χ0) is 19.1. The molecular formula is C20H21F3O2. The molecule has 0 aliphatic heterocycles. The molecule has 1 aromatic carbocycles. The maximum Gasteiger partial charge on any atom is 0.310 e. The van der Waals surface area contributed by atoms with Crippen LogP contribution in [0.5, 0.6) is 0 Å². The van der Waals surface area contributed by atoms with E-state index >= 15 is 0 Å². The molecule has 0 aromatic heterocycles. The number of hydrogen-bond donors (Lipinski definition) is 0. The summed E-state index contributed by atoms with van der Waals surface area (Å²) in [6.45, 7) is 8.49. The highest BCUT2D eigenvalue weighted by Crippen LogP contribution is 2.59. The van der Waals surface area contributed by atoms with Crippen molar-refractivity contribution >= 4 is 5.97 Å². The number of terminal acetylenes is 1. The molecule has 1 saturated carbocycles. The summed E-state index contributed by atoms with van der Waals surface area (Å²) in [5, 5.41) is 0. The number of carbonyl (C=O) groups excluding carboxylic acids is 1. The number of carbonyl (C=O) groups is 1. The molecule has 0 heterocycles. The van der Waals surface area contributed by atoms with Gasteiger partial charge >= 0.3 is 5.97 Å². The van der Waals surface area contributed by atoms with Gasteiger partial charge in [0.05, 0.1) is 11.5 Å². The minimum Gasteiger partial charge on any atom is -0.460 e. The summed E-state index contributed by atoms with van der Waals surface area (Å²) in [5.74, 6) is -2.76. The van der Waals surface area contributed by atoms with Crippen LogP contribution in [0, 0.1) is 54.0 Å². The Morgan fingerprint density at radius 3 is 2.36 bits per heavy atom. The van der Waals surface area contributed by atoms with Gasteiger partial charge in [-0.2, -0.15) is 0 Å². The smallest absolute Gasteiger partial charge is 0.310 e. The van der Waals surface area contributed by atoms with Crippen LogP contribution in [0.4, 0.5) is 13.2 Å². The Morgan fingerprint density at radius 2 is 1.84 bits per heavy atom. The molecule has 0 bridgehead atoms. The standard InChI is InChI=1S/C20H21F3O2/c1-7-12-16(21)11(4)13(18(23)17(12)22)9-25-19(24)15-14(8-10(2)3)20(15,5)6/h1,8,14-15H,9H2,2-6H3/t14-,15+/m1/s1. The lowest BCUT2D eigenvalue weighted by molar-refractivity contribution is -0.147.